The zero-order chi connectivity index (χ0) is 19.7. The molecule has 5 rings (SSSR count). The maximum absolute atomic E-state index is 12.0. The highest BCUT2D eigenvalue weighted by Gasteiger charge is 2.59. The lowest BCUT2D eigenvalue weighted by Crippen LogP contribution is -2.51. The lowest BCUT2D eigenvalue weighted by Gasteiger charge is -2.58. The number of hydrogen-bond acceptors (Lipinski definition) is 2. The first kappa shape index (κ1) is 19.1. The molecule has 1 aliphatic heterocycles. The first-order valence-corrected chi connectivity index (χ1v) is 12.1. The SMILES string of the molecule is CC1=N[C@H]([C@@H](C)[C@H]2CC[C@H]3[C@@H]4CCC5=CC(=O)CC[C@]5(C)[C@H]4CC[C@]23C)CC1. The minimum atomic E-state index is 0.314. The molecule has 0 spiro atoms. The van der Waals surface area contributed by atoms with E-state index >= 15 is 0 Å². The third-order valence-electron chi connectivity index (χ3n) is 10.5. The molecule has 0 bridgehead atoms. The van der Waals surface area contributed by atoms with Gasteiger partial charge in [-0.15, -0.1) is 0 Å². The van der Waals surface area contributed by atoms with E-state index in [0.717, 1.165) is 42.4 Å². The van der Waals surface area contributed by atoms with Crippen LogP contribution in [0.4, 0.5) is 0 Å². The second-order valence-electron chi connectivity index (χ2n) is 11.5. The van der Waals surface area contributed by atoms with Gasteiger partial charge in [-0.3, -0.25) is 9.79 Å². The molecule has 0 aromatic rings. The highest BCUT2D eigenvalue weighted by Crippen LogP contribution is 2.67. The third-order valence-corrected chi connectivity index (χ3v) is 10.5. The Labute approximate surface area is 171 Å². The molecule has 0 aromatic carbocycles. The van der Waals surface area contributed by atoms with Gasteiger partial charge in [-0.1, -0.05) is 26.3 Å². The van der Waals surface area contributed by atoms with Crippen molar-refractivity contribution in [3.8, 4) is 0 Å². The lowest BCUT2D eigenvalue weighted by molar-refractivity contribution is -0.117. The Hall–Kier alpha value is -0.920. The van der Waals surface area contributed by atoms with Crippen LogP contribution in [0.25, 0.3) is 0 Å². The van der Waals surface area contributed by atoms with E-state index < -0.39 is 0 Å². The molecule has 5 aliphatic rings. The number of carbonyl (C=O) groups is 1. The van der Waals surface area contributed by atoms with Gasteiger partial charge in [-0.25, -0.2) is 0 Å². The standard InChI is InChI=1S/C26H39NO/c1-16-5-10-24(27-16)17(2)21-8-9-22-20-7-6-18-15-19(28)11-13-25(18,3)23(20)12-14-26(21,22)4/h15,17,20-24H,5-14H2,1-4H3/t17-,20-,21+,22-,23-,24-,25-,26+/m0/s1. The van der Waals surface area contributed by atoms with Gasteiger partial charge >= 0.3 is 0 Å². The Morgan fingerprint density at radius 3 is 2.57 bits per heavy atom. The van der Waals surface area contributed by atoms with Gasteiger partial charge in [0.05, 0.1) is 6.04 Å². The van der Waals surface area contributed by atoms with Gasteiger partial charge in [-0.2, -0.15) is 0 Å². The molecule has 0 saturated heterocycles. The molecule has 2 heteroatoms. The van der Waals surface area contributed by atoms with E-state index in [2.05, 4.69) is 27.7 Å². The number of rotatable bonds is 2. The summed E-state index contributed by atoms with van der Waals surface area (Å²) in [4.78, 5) is 17.1. The van der Waals surface area contributed by atoms with Crippen molar-refractivity contribution in [2.75, 3.05) is 0 Å². The molecule has 3 saturated carbocycles. The molecule has 0 aromatic heterocycles. The number of nitrogens with zero attached hydrogens (tertiary/aromatic N) is 1. The predicted molar refractivity (Wildman–Crippen MR) is 115 cm³/mol. The molecule has 0 radical (unpaired) electrons. The molecule has 28 heavy (non-hydrogen) atoms. The van der Waals surface area contributed by atoms with Gasteiger partial charge in [0, 0.05) is 12.1 Å². The van der Waals surface area contributed by atoms with Gasteiger partial charge in [0.15, 0.2) is 5.78 Å². The summed E-state index contributed by atoms with van der Waals surface area (Å²) < 4.78 is 0. The molecular formula is C26H39NO. The number of carbonyl (C=O) groups excluding carboxylic acids is 1. The molecule has 0 amide bonds. The van der Waals surface area contributed by atoms with E-state index in [4.69, 9.17) is 4.99 Å². The summed E-state index contributed by atoms with van der Waals surface area (Å²) in [7, 11) is 0. The van der Waals surface area contributed by atoms with Crippen LogP contribution in [-0.4, -0.2) is 17.5 Å². The summed E-state index contributed by atoms with van der Waals surface area (Å²) in [6.07, 6.45) is 14.6. The zero-order valence-electron chi connectivity index (χ0n) is 18.5. The van der Waals surface area contributed by atoms with Crippen LogP contribution in [0.3, 0.4) is 0 Å². The van der Waals surface area contributed by atoms with Gasteiger partial charge in [0.1, 0.15) is 0 Å². The molecule has 1 heterocycles. The quantitative estimate of drug-likeness (QED) is 0.544. The minimum Gasteiger partial charge on any atom is -0.295 e. The summed E-state index contributed by atoms with van der Waals surface area (Å²) in [5, 5.41) is 0. The van der Waals surface area contributed by atoms with E-state index in [0.29, 0.717) is 22.7 Å². The predicted octanol–water partition coefficient (Wildman–Crippen LogP) is 6.39. The largest absolute Gasteiger partial charge is 0.295 e. The van der Waals surface area contributed by atoms with E-state index in [1.54, 1.807) is 0 Å². The fraction of sp³-hybridized carbons (Fsp3) is 0.846. The molecule has 8 atom stereocenters. The average Bonchev–Trinajstić information content (AvgIpc) is 3.25. The monoisotopic (exact) mass is 381 g/mol. The summed E-state index contributed by atoms with van der Waals surface area (Å²) in [5.74, 6) is 4.59. The first-order valence-electron chi connectivity index (χ1n) is 12.1. The maximum atomic E-state index is 12.0. The smallest absolute Gasteiger partial charge is 0.155 e. The molecule has 0 unspecified atom stereocenters. The van der Waals surface area contributed by atoms with Gasteiger partial charge in [0.25, 0.3) is 0 Å². The van der Waals surface area contributed by atoms with Crippen LogP contribution in [0.1, 0.15) is 91.9 Å². The number of aliphatic imine (C=N–C) groups is 1. The van der Waals surface area contributed by atoms with Gasteiger partial charge in [0.2, 0.25) is 0 Å². The van der Waals surface area contributed by atoms with Crippen molar-refractivity contribution in [3.05, 3.63) is 11.6 Å². The normalized spacial score (nSPS) is 49.0. The van der Waals surface area contributed by atoms with Crippen molar-refractivity contribution in [2.45, 2.75) is 97.9 Å². The van der Waals surface area contributed by atoms with Crippen LogP contribution in [0.5, 0.6) is 0 Å². The van der Waals surface area contributed by atoms with Crippen molar-refractivity contribution >= 4 is 11.5 Å². The number of allylic oxidation sites excluding steroid dienone is 1. The summed E-state index contributed by atoms with van der Waals surface area (Å²) in [6.45, 7) is 9.91. The fourth-order valence-corrected chi connectivity index (χ4v) is 8.88. The second-order valence-corrected chi connectivity index (χ2v) is 11.5. The number of fused-ring (bicyclic) bond motifs is 5. The third kappa shape index (κ3) is 2.65. The Kier molecular flexibility index (Phi) is 4.45. The molecule has 4 aliphatic carbocycles. The molecular weight excluding hydrogens is 342 g/mol. The Balaban J connectivity index is 1.40. The van der Waals surface area contributed by atoms with Crippen molar-refractivity contribution in [1.82, 2.24) is 0 Å². The number of ketones is 1. The summed E-state index contributed by atoms with van der Waals surface area (Å²) in [5.41, 5.74) is 3.72. The average molecular weight is 382 g/mol. The Morgan fingerprint density at radius 1 is 1.00 bits per heavy atom. The maximum Gasteiger partial charge on any atom is 0.155 e. The zero-order valence-corrected chi connectivity index (χ0v) is 18.5. The van der Waals surface area contributed by atoms with Crippen molar-refractivity contribution in [3.63, 3.8) is 0 Å². The highest BCUT2D eigenvalue weighted by molar-refractivity contribution is 5.91. The van der Waals surface area contributed by atoms with Crippen LogP contribution in [-0.2, 0) is 4.79 Å². The van der Waals surface area contributed by atoms with Crippen LogP contribution in [0, 0.1) is 40.4 Å². The van der Waals surface area contributed by atoms with E-state index in [1.807, 2.05) is 6.08 Å². The van der Waals surface area contributed by atoms with E-state index in [1.165, 1.54) is 62.7 Å². The summed E-state index contributed by atoms with van der Waals surface area (Å²) >= 11 is 0. The topological polar surface area (TPSA) is 29.4 Å². The van der Waals surface area contributed by atoms with Crippen LogP contribution >= 0.6 is 0 Å². The first-order chi connectivity index (χ1) is 13.3. The lowest BCUT2D eigenvalue weighted by atomic mass is 9.46. The van der Waals surface area contributed by atoms with E-state index in [-0.39, 0.29) is 0 Å². The fourth-order valence-electron chi connectivity index (χ4n) is 8.88. The van der Waals surface area contributed by atoms with Gasteiger partial charge in [-0.05, 0) is 111 Å². The minimum absolute atomic E-state index is 0.314. The Morgan fingerprint density at radius 2 is 1.82 bits per heavy atom. The molecule has 0 N–H and O–H groups in total. The van der Waals surface area contributed by atoms with Gasteiger partial charge < -0.3 is 0 Å². The highest BCUT2D eigenvalue weighted by atomic mass is 16.1. The summed E-state index contributed by atoms with van der Waals surface area (Å²) in [6, 6.07) is 0.584. The molecule has 154 valence electrons. The Bertz CT molecular complexity index is 735. The van der Waals surface area contributed by atoms with E-state index in [9.17, 15) is 4.79 Å². The second kappa shape index (κ2) is 6.54. The van der Waals surface area contributed by atoms with Crippen LogP contribution in [0.2, 0.25) is 0 Å². The van der Waals surface area contributed by atoms with Crippen molar-refractivity contribution in [2.24, 2.45) is 45.4 Å². The van der Waals surface area contributed by atoms with Crippen LogP contribution < -0.4 is 0 Å². The molecule has 2 nitrogen and oxygen atoms in total. The van der Waals surface area contributed by atoms with Crippen LogP contribution in [0.15, 0.2) is 16.6 Å². The number of hydrogen-bond donors (Lipinski definition) is 0. The molecule has 3 fully saturated rings. The van der Waals surface area contributed by atoms with Crippen molar-refractivity contribution in [1.29, 1.82) is 0 Å². The van der Waals surface area contributed by atoms with Crippen molar-refractivity contribution < 1.29 is 4.79 Å².